The molecule has 0 aromatic rings. The Balaban J connectivity index is 0.00000108. The Hall–Kier alpha value is -0.320. The summed E-state index contributed by atoms with van der Waals surface area (Å²) in [7, 11) is 0. The molecule has 98 valence electrons. The lowest BCUT2D eigenvalue weighted by Crippen LogP contribution is -2.58. The number of carboxylic acids is 1. The molecule has 0 atom stereocenters. The molecular weight excluding hydrogens is 240 g/mol. The summed E-state index contributed by atoms with van der Waals surface area (Å²) in [6.07, 6.45) is 6.90. The zero-order valence-electron chi connectivity index (χ0n) is 9.89. The highest BCUT2D eigenvalue weighted by Crippen LogP contribution is 2.53. The fourth-order valence-electron chi connectivity index (χ4n) is 4.41. The number of hydrogen-bond donors (Lipinski definition) is 3. The van der Waals surface area contributed by atoms with E-state index >= 15 is 0 Å². The van der Waals surface area contributed by atoms with Crippen molar-refractivity contribution in [2.75, 3.05) is 6.54 Å². The molecule has 0 amide bonds. The van der Waals surface area contributed by atoms with E-state index in [0.717, 1.165) is 23.7 Å². The Morgan fingerprint density at radius 2 is 1.59 bits per heavy atom. The number of carbonyl (C=O) groups is 1. The van der Waals surface area contributed by atoms with Gasteiger partial charge in [0.05, 0.1) is 0 Å². The number of aliphatic carboxylic acids is 1. The minimum atomic E-state index is -0.795. The lowest BCUT2D eigenvalue weighted by molar-refractivity contribution is -0.136. The molecule has 3 N–H and O–H groups in total. The van der Waals surface area contributed by atoms with Gasteiger partial charge in [0.25, 0.3) is 0 Å². The molecule has 0 saturated heterocycles. The molecule has 0 radical (unpaired) electrons. The van der Waals surface area contributed by atoms with Crippen LogP contribution in [0.2, 0.25) is 0 Å². The van der Waals surface area contributed by atoms with Crippen LogP contribution in [0.15, 0.2) is 0 Å². The monoisotopic (exact) mass is 260 g/mol. The van der Waals surface area contributed by atoms with Crippen LogP contribution < -0.4 is 10.9 Å². The van der Waals surface area contributed by atoms with Crippen molar-refractivity contribution < 1.29 is 9.90 Å². The molecule has 0 heterocycles. The predicted molar refractivity (Wildman–Crippen MR) is 66.9 cm³/mol. The third kappa shape index (κ3) is 2.59. The Bertz CT molecular complexity index is 270. The zero-order chi connectivity index (χ0) is 11.1. The summed E-state index contributed by atoms with van der Waals surface area (Å²) in [6, 6.07) is 0.521. The van der Waals surface area contributed by atoms with Crippen molar-refractivity contribution in [3.8, 4) is 0 Å². The van der Waals surface area contributed by atoms with Crippen molar-refractivity contribution >= 4 is 18.4 Å². The molecule has 4 bridgehead atoms. The Morgan fingerprint density at radius 1 is 1.06 bits per heavy atom. The minimum Gasteiger partial charge on any atom is -0.480 e. The van der Waals surface area contributed by atoms with Crippen molar-refractivity contribution in [1.29, 1.82) is 0 Å². The summed E-state index contributed by atoms with van der Waals surface area (Å²) >= 11 is 0. The summed E-state index contributed by atoms with van der Waals surface area (Å²) in [4.78, 5) is 10.4. The molecule has 17 heavy (non-hydrogen) atoms. The second-order valence-corrected chi connectivity index (χ2v) is 5.85. The molecule has 0 unspecified atom stereocenters. The highest BCUT2D eigenvalue weighted by atomic mass is 35.5. The van der Waals surface area contributed by atoms with Gasteiger partial charge in [-0.2, -0.15) is 0 Å². The maximum atomic E-state index is 10.4. The zero-order valence-corrected chi connectivity index (χ0v) is 10.7. The molecule has 4 aliphatic rings. The first-order valence-corrected chi connectivity index (χ1v) is 6.42. The molecule has 4 aliphatic carbocycles. The largest absolute Gasteiger partial charge is 0.480 e. The van der Waals surface area contributed by atoms with Crippen molar-refractivity contribution in [2.24, 2.45) is 23.7 Å². The van der Waals surface area contributed by atoms with Crippen LogP contribution in [0.5, 0.6) is 0 Å². The van der Waals surface area contributed by atoms with Gasteiger partial charge < -0.3 is 5.11 Å². The molecule has 4 nitrogen and oxygen atoms in total. The van der Waals surface area contributed by atoms with Crippen LogP contribution in [-0.4, -0.2) is 23.7 Å². The molecule has 0 aromatic heterocycles. The Kier molecular flexibility index (Phi) is 3.95. The molecule has 4 rings (SSSR count). The van der Waals surface area contributed by atoms with Crippen molar-refractivity contribution in [2.45, 2.75) is 38.1 Å². The van der Waals surface area contributed by atoms with Crippen LogP contribution in [0.25, 0.3) is 0 Å². The summed E-state index contributed by atoms with van der Waals surface area (Å²) in [6.45, 7) is 0.0167. The standard InChI is InChI=1S/C12H20N2O2.ClH/c15-11(16)6-13-14-12-9-2-7-1-8(4-9)5-10(12)3-7;/h7-10,12-14H,1-6H2,(H,15,16);1H. The summed E-state index contributed by atoms with van der Waals surface area (Å²) in [5.74, 6) is 2.73. The van der Waals surface area contributed by atoms with Gasteiger partial charge in [0.15, 0.2) is 0 Å². The smallest absolute Gasteiger partial charge is 0.318 e. The topological polar surface area (TPSA) is 61.4 Å². The van der Waals surface area contributed by atoms with Crippen molar-refractivity contribution in [3.63, 3.8) is 0 Å². The number of rotatable bonds is 4. The highest BCUT2D eigenvalue weighted by Gasteiger charge is 2.47. The second-order valence-electron chi connectivity index (χ2n) is 5.85. The minimum absolute atomic E-state index is 0. The van der Waals surface area contributed by atoms with Gasteiger partial charge in [0, 0.05) is 6.04 Å². The van der Waals surface area contributed by atoms with Gasteiger partial charge in [-0.25, -0.2) is 5.43 Å². The van der Waals surface area contributed by atoms with E-state index in [0.29, 0.717) is 6.04 Å². The molecule has 0 aliphatic heterocycles. The third-order valence-corrected chi connectivity index (χ3v) is 4.74. The number of hydrazine groups is 1. The van der Waals surface area contributed by atoms with Crippen LogP contribution in [-0.2, 0) is 4.79 Å². The molecule has 5 heteroatoms. The first-order valence-electron chi connectivity index (χ1n) is 6.42. The van der Waals surface area contributed by atoms with Crippen LogP contribution in [0.3, 0.4) is 0 Å². The van der Waals surface area contributed by atoms with Crippen LogP contribution in [0.4, 0.5) is 0 Å². The lowest BCUT2D eigenvalue weighted by atomic mass is 9.54. The van der Waals surface area contributed by atoms with Crippen LogP contribution >= 0.6 is 12.4 Å². The Morgan fingerprint density at radius 3 is 2.06 bits per heavy atom. The molecule has 0 aromatic carbocycles. The van der Waals surface area contributed by atoms with Gasteiger partial charge in [0.1, 0.15) is 6.54 Å². The molecule has 4 saturated carbocycles. The maximum absolute atomic E-state index is 10.4. The molecule has 4 fully saturated rings. The average Bonchev–Trinajstić information content (AvgIpc) is 2.20. The predicted octanol–water partition coefficient (Wildman–Crippen LogP) is 1.41. The molecule has 0 spiro atoms. The summed E-state index contributed by atoms with van der Waals surface area (Å²) in [5, 5.41) is 8.59. The third-order valence-electron chi connectivity index (χ3n) is 4.74. The SMILES string of the molecule is Cl.O=C(O)CNNC1C2CC3CC(C2)CC1C3. The van der Waals surface area contributed by atoms with Gasteiger partial charge in [-0.3, -0.25) is 10.2 Å². The summed E-state index contributed by atoms with van der Waals surface area (Å²) in [5.41, 5.74) is 6.13. The number of halogens is 1. The quantitative estimate of drug-likeness (QED) is 0.669. The van der Waals surface area contributed by atoms with Gasteiger partial charge >= 0.3 is 5.97 Å². The summed E-state index contributed by atoms with van der Waals surface area (Å²) < 4.78 is 0. The second kappa shape index (κ2) is 5.12. The van der Waals surface area contributed by atoms with E-state index in [1.165, 1.54) is 32.1 Å². The van der Waals surface area contributed by atoms with E-state index in [-0.39, 0.29) is 19.0 Å². The van der Waals surface area contributed by atoms with Crippen molar-refractivity contribution in [1.82, 2.24) is 10.9 Å². The molecular formula is C12H21ClN2O2. The maximum Gasteiger partial charge on any atom is 0.318 e. The van der Waals surface area contributed by atoms with Crippen molar-refractivity contribution in [3.05, 3.63) is 0 Å². The van der Waals surface area contributed by atoms with E-state index in [1.54, 1.807) is 0 Å². The highest BCUT2D eigenvalue weighted by molar-refractivity contribution is 5.85. The fourth-order valence-corrected chi connectivity index (χ4v) is 4.41. The normalized spacial score (nSPS) is 42.2. The lowest BCUT2D eigenvalue weighted by Gasteiger charge is -2.54. The first-order chi connectivity index (χ1) is 7.72. The van der Waals surface area contributed by atoms with E-state index in [9.17, 15) is 4.79 Å². The van der Waals surface area contributed by atoms with Gasteiger partial charge in [-0.1, -0.05) is 0 Å². The average molecular weight is 261 g/mol. The first kappa shape index (κ1) is 13.1. The van der Waals surface area contributed by atoms with Crippen LogP contribution in [0.1, 0.15) is 32.1 Å². The van der Waals surface area contributed by atoms with E-state index in [4.69, 9.17) is 5.11 Å². The number of carboxylic acid groups (broad SMARTS) is 1. The van der Waals surface area contributed by atoms with Gasteiger partial charge in [-0.05, 0) is 55.8 Å². The van der Waals surface area contributed by atoms with Crippen LogP contribution in [0, 0.1) is 23.7 Å². The van der Waals surface area contributed by atoms with Gasteiger partial charge in [0.2, 0.25) is 0 Å². The van der Waals surface area contributed by atoms with E-state index in [1.807, 2.05) is 0 Å². The van der Waals surface area contributed by atoms with Gasteiger partial charge in [-0.15, -0.1) is 12.4 Å². The Labute approximate surface area is 108 Å². The number of hydrogen-bond acceptors (Lipinski definition) is 3. The fraction of sp³-hybridized carbons (Fsp3) is 0.917. The van der Waals surface area contributed by atoms with E-state index in [2.05, 4.69) is 10.9 Å². The van der Waals surface area contributed by atoms with E-state index < -0.39 is 5.97 Å². The number of nitrogens with one attached hydrogen (secondary N) is 2.